The van der Waals surface area contributed by atoms with Gasteiger partial charge in [0.2, 0.25) is 0 Å². The molecule has 0 aliphatic heterocycles. The van der Waals surface area contributed by atoms with Crippen LogP contribution in [0.4, 0.5) is 5.82 Å². The van der Waals surface area contributed by atoms with Gasteiger partial charge in [0.1, 0.15) is 5.82 Å². The lowest BCUT2D eigenvalue weighted by Gasteiger charge is -2.09. The summed E-state index contributed by atoms with van der Waals surface area (Å²) in [5.74, 6) is 0.230. The first-order valence-electron chi connectivity index (χ1n) is 9.44. The molecule has 4 aromatic rings. The molecule has 8 nitrogen and oxygen atoms in total. The van der Waals surface area contributed by atoms with Crippen molar-refractivity contribution in [2.75, 3.05) is 5.32 Å². The predicted octanol–water partition coefficient (Wildman–Crippen LogP) is 4.55. The van der Waals surface area contributed by atoms with E-state index in [1.807, 2.05) is 20.8 Å². The van der Waals surface area contributed by atoms with E-state index in [4.69, 9.17) is 9.78 Å². The highest BCUT2D eigenvalue weighted by molar-refractivity contribution is 7.12. The van der Waals surface area contributed by atoms with Gasteiger partial charge in [0.05, 0.1) is 47.1 Å². The molecule has 0 unspecified atom stereocenters. The summed E-state index contributed by atoms with van der Waals surface area (Å²) < 4.78 is 7.02. The summed E-state index contributed by atoms with van der Waals surface area (Å²) in [5, 5.41) is 20.7. The summed E-state index contributed by atoms with van der Waals surface area (Å²) in [5.41, 5.74) is 3.75. The fourth-order valence-corrected chi connectivity index (χ4v) is 4.39. The lowest BCUT2D eigenvalue weighted by atomic mass is 10.1. The number of nitrogens with one attached hydrogen (secondary N) is 1. The number of fused-ring (bicyclic) bond motifs is 1. The number of carbonyl (C=O) groups excluding carboxylic acids is 1. The summed E-state index contributed by atoms with van der Waals surface area (Å²) in [6.07, 6.45) is 0.301. The van der Waals surface area contributed by atoms with E-state index in [9.17, 15) is 4.79 Å². The Balaban J connectivity index is 1.78. The Bertz CT molecular complexity index is 1310. The lowest BCUT2D eigenvalue weighted by molar-refractivity contribution is 0.102. The molecule has 152 valence electrons. The monoisotopic (exact) mass is 420 g/mol. The fraction of sp³-hybridized carbons (Fsp3) is 0.286. The molecule has 30 heavy (non-hydrogen) atoms. The van der Waals surface area contributed by atoms with Crippen LogP contribution in [-0.2, 0) is 6.54 Å². The van der Waals surface area contributed by atoms with Crippen molar-refractivity contribution in [2.24, 2.45) is 0 Å². The van der Waals surface area contributed by atoms with Gasteiger partial charge >= 0.3 is 0 Å². The first-order chi connectivity index (χ1) is 14.4. The van der Waals surface area contributed by atoms with Gasteiger partial charge in [0, 0.05) is 21.4 Å². The fourth-order valence-electron chi connectivity index (χ4n) is 3.45. The summed E-state index contributed by atoms with van der Waals surface area (Å²) in [7, 11) is 0. The van der Waals surface area contributed by atoms with E-state index in [1.54, 1.807) is 35.1 Å². The van der Waals surface area contributed by atoms with E-state index >= 15 is 0 Å². The Hall–Kier alpha value is -3.51. The molecule has 4 aromatic heterocycles. The highest BCUT2D eigenvalue weighted by atomic mass is 32.1. The summed E-state index contributed by atoms with van der Waals surface area (Å²) in [6.45, 7) is 8.09. The number of aryl methyl sites for hydroxylation is 5. The highest BCUT2D eigenvalue weighted by Crippen LogP contribution is 2.33. The van der Waals surface area contributed by atoms with Gasteiger partial charge in [-0.2, -0.15) is 10.4 Å². The average molecular weight is 420 g/mol. The van der Waals surface area contributed by atoms with Crippen molar-refractivity contribution in [2.45, 2.75) is 40.7 Å². The Kier molecular flexibility index (Phi) is 5.10. The van der Waals surface area contributed by atoms with Crippen molar-refractivity contribution in [3.8, 4) is 17.3 Å². The molecule has 0 radical (unpaired) electrons. The van der Waals surface area contributed by atoms with Crippen LogP contribution in [0.5, 0.6) is 0 Å². The molecular weight excluding hydrogens is 400 g/mol. The molecule has 4 rings (SSSR count). The molecule has 9 heteroatoms. The second-order valence-electron chi connectivity index (χ2n) is 7.09. The minimum atomic E-state index is -0.308. The van der Waals surface area contributed by atoms with Crippen LogP contribution in [0.15, 0.2) is 22.7 Å². The molecule has 1 amide bonds. The van der Waals surface area contributed by atoms with E-state index in [0.717, 1.165) is 16.1 Å². The number of anilines is 1. The van der Waals surface area contributed by atoms with Crippen LogP contribution in [0.2, 0.25) is 0 Å². The predicted molar refractivity (Wildman–Crippen MR) is 114 cm³/mol. The van der Waals surface area contributed by atoms with Crippen LogP contribution in [0, 0.1) is 39.0 Å². The molecule has 0 spiro atoms. The van der Waals surface area contributed by atoms with Crippen molar-refractivity contribution in [3.63, 3.8) is 0 Å². The molecule has 0 atom stereocenters. The maximum atomic E-state index is 13.3. The van der Waals surface area contributed by atoms with Crippen LogP contribution in [0.25, 0.3) is 22.4 Å². The molecule has 0 bridgehead atoms. The summed E-state index contributed by atoms with van der Waals surface area (Å²) in [6, 6.07) is 7.71. The van der Waals surface area contributed by atoms with E-state index in [0.29, 0.717) is 46.8 Å². The number of nitriles is 1. The smallest absolute Gasteiger partial charge is 0.259 e. The molecule has 0 aliphatic carbocycles. The largest absolute Gasteiger partial charge is 0.335 e. The highest BCUT2D eigenvalue weighted by Gasteiger charge is 2.21. The SMILES string of the molecule is Cc1cc(NC(=O)c2cc(-c3cc(C)sc3C)nc3onc(C)c23)n(CCC#N)n1. The number of rotatable bonds is 5. The molecule has 4 heterocycles. The minimum absolute atomic E-state index is 0.301. The number of hydrogen-bond donors (Lipinski definition) is 1. The second kappa shape index (κ2) is 7.72. The Morgan fingerprint density at radius 2 is 2.07 bits per heavy atom. The number of amides is 1. The maximum Gasteiger partial charge on any atom is 0.259 e. The van der Waals surface area contributed by atoms with Gasteiger partial charge in [-0.05, 0) is 39.8 Å². The molecule has 0 saturated heterocycles. The zero-order valence-electron chi connectivity index (χ0n) is 17.1. The Morgan fingerprint density at radius 1 is 1.27 bits per heavy atom. The zero-order valence-corrected chi connectivity index (χ0v) is 17.9. The van der Waals surface area contributed by atoms with E-state index < -0.39 is 0 Å². The third-order valence-electron chi connectivity index (χ3n) is 4.76. The average Bonchev–Trinajstić information content (AvgIpc) is 3.36. The Morgan fingerprint density at radius 3 is 2.77 bits per heavy atom. The van der Waals surface area contributed by atoms with Crippen molar-refractivity contribution < 1.29 is 9.32 Å². The molecular formula is C21H20N6O2S. The van der Waals surface area contributed by atoms with Crippen molar-refractivity contribution in [1.82, 2.24) is 19.9 Å². The van der Waals surface area contributed by atoms with Crippen LogP contribution in [0.1, 0.15) is 37.9 Å². The van der Waals surface area contributed by atoms with Gasteiger partial charge in [-0.1, -0.05) is 5.16 Å². The topological polar surface area (TPSA) is 110 Å². The maximum absolute atomic E-state index is 13.3. The van der Waals surface area contributed by atoms with E-state index in [1.165, 1.54) is 4.88 Å². The summed E-state index contributed by atoms with van der Waals surface area (Å²) >= 11 is 1.68. The van der Waals surface area contributed by atoms with Crippen LogP contribution in [-0.4, -0.2) is 25.8 Å². The quantitative estimate of drug-likeness (QED) is 0.507. The van der Waals surface area contributed by atoms with Gasteiger partial charge in [-0.25, -0.2) is 9.67 Å². The van der Waals surface area contributed by atoms with Crippen molar-refractivity contribution >= 4 is 34.2 Å². The van der Waals surface area contributed by atoms with Gasteiger partial charge < -0.3 is 9.84 Å². The number of hydrogen-bond acceptors (Lipinski definition) is 7. The van der Waals surface area contributed by atoms with E-state index in [-0.39, 0.29) is 5.91 Å². The summed E-state index contributed by atoms with van der Waals surface area (Å²) in [4.78, 5) is 20.2. The second-order valence-corrected chi connectivity index (χ2v) is 8.55. The number of nitrogens with zero attached hydrogens (tertiary/aromatic N) is 5. The minimum Gasteiger partial charge on any atom is -0.335 e. The molecule has 0 fully saturated rings. The number of pyridine rings is 1. The first kappa shape index (κ1) is 19.8. The lowest BCUT2D eigenvalue weighted by Crippen LogP contribution is -2.16. The van der Waals surface area contributed by atoms with Crippen LogP contribution >= 0.6 is 11.3 Å². The van der Waals surface area contributed by atoms with Gasteiger partial charge in [0.25, 0.3) is 11.6 Å². The van der Waals surface area contributed by atoms with Crippen molar-refractivity contribution in [1.29, 1.82) is 5.26 Å². The first-order valence-corrected chi connectivity index (χ1v) is 10.3. The van der Waals surface area contributed by atoms with Crippen LogP contribution < -0.4 is 5.32 Å². The van der Waals surface area contributed by atoms with Crippen LogP contribution in [0.3, 0.4) is 0 Å². The Labute approximate surface area is 177 Å². The molecule has 0 aliphatic rings. The molecule has 1 N–H and O–H groups in total. The normalized spacial score (nSPS) is 11.0. The number of thiophene rings is 1. The third-order valence-corrected chi connectivity index (χ3v) is 5.72. The zero-order chi connectivity index (χ0) is 21.4. The van der Waals surface area contributed by atoms with Crippen molar-refractivity contribution in [3.05, 3.63) is 44.9 Å². The standard InChI is InChI=1S/C21H20N6O2S/c1-11-8-18(27(25-11)7-5-6-22)24-20(28)16-10-17(15-9-12(2)30-14(15)4)23-21-19(16)13(3)26-29-21/h8-10H,5,7H2,1-4H3,(H,24,28). The third kappa shape index (κ3) is 3.57. The van der Waals surface area contributed by atoms with Gasteiger partial charge in [-0.15, -0.1) is 11.3 Å². The number of aromatic nitrogens is 4. The number of carbonyl (C=O) groups is 1. The van der Waals surface area contributed by atoms with Gasteiger partial charge in [0.15, 0.2) is 0 Å². The molecule has 0 saturated carbocycles. The van der Waals surface area contributed by atoms with Gasteiger partial charge in [-0.3, -0.25) is 4.79 Å². The van der Waals surface area contributed by atoms with E-state index in [2.05, 4.69) is 32.7 Å². The molecule has 0 aromatic carbocycles.